The molecule has 1 aromatic rings. The Hall–Kier alpha value is -0.360. The Morgan fingerprint density at radius 1 is 1.52 bits per heavy atom. The van der Waals surface area contributed by atoms with E-state index in [1.165, 1.54) is 16.0 Å². The van der Waals surface area contributed by atoms with Crippen LogP contribution >= 0.6 is 35.9 Å². The van der Waals surface area contributed by atoms with Gasteiger partial charge in [-0.15, -0.1) is 24.2 Å². The zero-order valence-electron chi connectivity index (χ0n) is 12.5. The lowest BCUT2D eigenvalue weighted by Gasteiger charge is -2.22. The van der Waals surface area contributed by atoms with Gasteiger partial charge in [0.15, 0.2) is 0 Å². The molecule has 2 N–H and O–H groups in total. The normalized spacial score (nSPS) is 17.9. The van der Waals surface area contributed by atoms with Crippen LogP contribution in [0.1, 0.15) is 17.5 Å². The molecule has 0 aromatic heterocycles. The minimum atomic E-state index is 0. The van der Waals surface area contributed by atoms with Gasteiger partial charge in [0.2, 0.25) is 5.91 Å². The molecule has 3 nitrogen and oxygen atoms in total. The average Bonchev–Trinajstić information content (AvgIpc) is 2.47. The van der Waals surface area contributed by atoms with Crippen LogP contribution in [-0.4, -0.2) is 36.3 Å². The first-order chi connectivity index (χ1) is 9.69. The number of nitrogens with one attached hydrogen (secondary N) is 2. The highest BCUT2D eigenvalue weighted by atomic mass is 35.5. The van der Waals surface area contributed by atoms with Crippen molar-refractivity contribution >= 4 is 41.8 Å². The van der Waals surface area contributed by atoms with Gasteiger partial charge in [-0.05, 0) is 30.4 Å². The van der Waals surface area contributed by atoms with E-state index in [0.29, 0.717) is 19.0 Å². The van der Waals surface area contributed by atoms with Crippen LogP contribution in [0.4, 0.5) is 0 Å². The maximum absolute atomic E-state index is 12.0. The molecule has 1 unspecified atom stereocenters. The second-order valence-corrected chi connectivity index (χ2v) is 7.02. The third-order valence-corrected chi connectivity index (χ3v) is 5.30. The number of aryl methyl sites for hydroxylation is 1. The topological polar surface area (TPSA) is 41.1 Å². The number of rotatable bonds is 5. The van der Waals surface area contributed by atoms with Crippen molar-refractivity contribution in [2.24, 2.45) is 0 Å². The van der Waals surface area contributed by atoms with Crippen LogP contribution in [0.3, 0.4) is 0 Å². The van der Waals surface area contributed by atoms with E-state index in [-0.39, 0.29) is 18.3 Å². The van der Waals surface area contributed by atoms with Crippen molar-refractivity contribution in [3.8, 4) is 0 Å². The smallest absolute Gasteiger partial charge is 0.221 e. The molecule has 1 atom stereocenters. The van der Waals surface area contributed by atoms with Crippen LogP contribution in [0.15, 0.2) is 23.1 Å². The number of carbonyl (C=O) groups is 1. The summed E-state index contributed by atoms with van der Waals surface area (Å²) < 4.78 is 0. The molecule has 2 rings (SSSR count). The van der Waals surface area contributed by atoms with E-state index in [1.54, 1.807) is 11.8 Å². The fourth-order valence-electron chi connectivity index (χ4n) is 2.24. The standard InChI is InChI=1S/C15H22N2OS2.ClH/c1-11-3-4-12(14(7-11)19-2)9-17-15(18)8-13-10-20-6-5-16-13;/h3-4,7,13,16H,5-6,8-10H2,1-2H3,(H,17,18);1H. The van der Waals surface area contributed by atoms with Crippen LogP contribution in [0, 0.1) is 6.92 Å². The molecule has 0 radical (unpaired) electrons. The summed E-state index contributed by atoms with van der Waals surface area (Å²) in [6.07, 6.45) is 2.65. The highest BCUT2D eigenvalue weighted by Crippen LogP contribution is 2.21. The van der Waals surface area contributed by atoms with Gasteiger partial charge in [0.25, 0.3) is 0 Å². The van der Waals surface area contributed by atoms with Crippen LogP contribution in [-0.2, 0) is 11.3 Å². The van der Waals surface area contributed by atoms with Crippen molar-refractivity contribution in [1.29, 1.82) is 0 Å². The number of carbonyl (C=O) groups excluding carboxylic acids is 1. The van der Waals surface area contributed by atoms with Crippen molar-refractivity contribution < 1.29 is 4.79 Å². The maximum atomic E-state index is 12.0. The van der Waals surface area contributed by atoms with E-state index in [0.717, 1.165) is 18.1 Å². The fourth-order valence-corrected chi connectivity index (χ4v) is 3.89. The molecule has 1 aliphatic rings. The number of thioether (sulfide) groups is 2. The van der Waals surface area contributed by atoms with E-state index < -0.39 is 0 Å². The lowest BCUT2D eigenvalue weighted by molar-refractivity contribution is -0.121. The molecule has 6 heteroatoms. The molecule has 1 heterocycles. The summed E-state index contributed by atoms with van der Waals surface area (Å²) >= 11 is 3.65. The second-order valence-electron chi connectivity index (χ2n) is 5.02. The van der Waals surface area contributed by atoms with Crippen molar-refractivity contribution in [3.05, 3.63) is 29.3 Å². The van der Waals surface area contributed by atoms with Gasteiger partial charge in [0.1, 0.15) is 0 Å². The lowest BCUT2D eigenvalue weighted by Crippen LogP contribution is -2.41. The Morgan fingerprint density at radius 2 is 2.33 bits per heavy atom. The van der Waals surface area contributed by atoms with E-state index in [9.17, 15) is 4.79 Å². The van der Waals surface area contributed by atoms with E-state index in [4.69, 9.17) is 0 Å². The van der Waals surface area contributed by atoms with Crippen molar-refractivity contribution in [3.63, 3.8) is 0 Å². The Kier molecular flexibility index (Phi) is 8.56. The SMILES string of the molecule is CSc1cc(C)ccc1CNC(=O)CC1CSCCN1.Cl. The van der Waals surface area contributed by atoms with Crippen LogP contribution in [0.5, 0.6) is 0 Å². The van der Waals surface area contributed by atoms with Crippen molar-refractivity contribution in [2.45, 2.75) is 30.8 Å². The van der Waals surface area contributed by atoms with Gasteiger partial charge in [-0.3, -0.25) is 4.79 Å². The second kappa shape index (κ2) is 9.62. The summed E-state index contributed by atoms with van der Waals surface area (Å²) in [5, 5.41) is 6.43. The predicted octanol–water partition coefficient (Wildman–Crippen LogP) is 2.85. The molecule has 118 valence electrons. The zero-order chi connectivity index (χ0) is 14.4. The summed E-state index contributed by atoms with van der Waals surface area (Å²) in [6, 6.07) is 6.70. The summed E-state index contributed by atoms with van der Waals surface area (Å²) in [5.41, 5.74) is 2.45. The Morgan fingerprint density at radius 3 is 3.00 bits per heavy atom. The van der Waals surface area contributed by atoms with E-state index in [2.05, 4.69) is 42.0 Å². The highest BCUT2D eigenvalue weighted by Gasteiger charge is 2.16. The number of amides is 1. The summed E-state index contributed by atoms with van der Waals surface area (Å²) in [4.78, 5) is 13.2. The molecule has 0 aliphatic carbocycles. The fraction of sp³-hybridized carbons (Fsp3) is 0.533. The number of halogens is 1. The van der Waals surface area contributed by atoms with Crippen LogP contribution in [0.25, 0.3) is 0 Å². The molecule has 1 aliphatic heterocycles. The first-order valence-electron chi connectivity index (χ1n) is 6.90. The summed E-state index contributed by atoms with van der Waals surface area (Å²) in [6.45, 7) is 3.72. The van der Waals surface area contributed by atoms with E-state index >= 15 is 0 Å². The Bertz CT molecular complexity index is 465. The molecule has 0 bridgehead atoms. The third-order valence-electron chi connectivity index (χ3n) is 3.35. The minimum Gasteiger partial charge on any atom is -0.352 e. The van der Waals surface area contributed by atoms with Gasteiger partial charge in [-0.25, -0.2) is 0 Å². The third kappa shape index (κ3) is 6.10. The van der Waals surface area contributed by atoms with Gasteiger partial charge in [0, 0.05) is 42.0 Å². The summed E-state index contributed by atoms with van der Waals surface area (Å²) in [7, 11) is 0. The molecule has 1 aromatic carbocycles. The van der Waals surface area contributed by atoms with Crippen LogP contribution in [0.2, 0.25) is 0 Å². The van der Waals surface area contributed by atoms with E-state index in [1.807, 2.05) is 11.8 Å². The number of hydrogen-bond donors (Lipinski definition) is 2. The van der Waals surface area contributed by atoms with Crippen LogP contribution < -0.4 is 10.6 Å². The molecular formula is C15H23ClN2OS2. The Labute approximate surface area is 141 Å². The zero-order valence-corrected chi connectivity index (χ0v) is 14.9. The molecule has 0 saturated carbocycles. The molecule has 1 fully saturated rings. The lowest BCUT2D eigenvalue weighted by atomic mass is 10.1. The highest BCUT2D eigenvalue weighted by molar-refractivity contribution is 7.99. The average molecular weight is 347 g/mol. The van der Waals surface area contributed by atoms with Gasteiger partial charge < -0.3 is 10.6 Å². The number of benzene rings is 1. The predicted molar refractivity (Wildman–Crippen MR) is 95.8 cm³/mol. The monoisotopic (exact) mass is 346 g/mol. The van der Waals surface area contributed by atoms with Gasteiger partial charge >= 0.3 is 0 Å². The number of hydrogen-bond acceptors (Lipinski definition) is 4. The first kappa shape index (κ1) is 18.7. The molecule has 1 saturated heterocycles. The Balaban J connectivity index is 0.00000220. The van der Waals surface area contributed by atoms with Crippen molar-refractivity contribution in [1.82, 2.24) is 10.6 Å². The summed E-state index contributed by atoms with van der Waals surface area (Å²) in [5.74, 6) is 2.32. The van der Waals surface area contributed by atoms with Gasteiger partial charge in [-0.1, -0.05) is 12.1 Å². The quantitative estimate of drug-likeness (QED) is 0.804. The maximum Gasteiger partial charge on any atom is 0.221 e. The van der Waals surface area contributed by atoms with Crippen molar-refractivity contribution in [2.75, 3.05) is 24.3 Å². The van der Waals surface area contributed by atoms with Gasteiger partial charge in [0.05, 0.1) is 0 Å². The molecular weight excluding hydrogens is 324 g/mol. The van der Waals surface area contributed by atoms with Gasteiger partial charge in [-0.2, -0.15) is 11.8 Å². The largest absolute Gasteiger partial charge is 0.352 e. The molecule has 21 heavy (non-hydrogen) atoms. The first-order valence-corrected chi connectivity index (χ1v) is 9.28. The molecule has 0 spiro atoms. The minimum absolute atomic E-state index is 0. The molecule has 1 amide bonds.